The van der Waals surface area contributed by atoms with Crippen LogP contribution in [0, 0.1) is 23.1 Å². The van der Waals surface area contributed by atoms with Gasteiger partial charge in [-0.2, -0.15) is 0 Å². The third-order valence-electron chi connectivity index (χ3n) is 6.87. The third-order valence-corrected chi connectivity index (χ3v) is 6.87. The smallest absolute Gasteiger partial charge is 0.324 e. The first-order valence-corrected chi connectivity index (χ1v) is 9.28. The molecule has 5 heteroatoms. The molecule has 1 aromatic rings. The fourth-order valence-electron chi connectivity index (χ4n) is 5.44. The Morgan fingerprint density at radius 1 is 1.30 bits per heavy atom. The van der Waals surface area contributed by atoms with Crippen molar-refractivity contribution in [2.75, 3.05) is 7.11 Å². The lowest BCUT2D eigenvalue weighted by Gasteiger charge is -2.40. The highest BCUT2D eigenvalue weighted by Crippen LogP contribution is 2.62. The highest BCUT2D eigenvalue weighted by molar-refractivity contribution is 6.03. The van der Waals surface area contributed by atoms with Crippen molar-refractivity contribution in [3.05, 3.63) is 60.5 Å². The van der Waals surface area contributed by atoms with Crippen molar-refractivity contribution < 1.29 is 23.5 Å². The maximum absolute atomic E-state index is 13.8. The zero-order valence-electron chi connectivity index (χ0n) is 15.4. The normalized spacial score (nSPS) is 33.1. The quantitative estimate of drug-likeness (QED) is 0.461. The number of benzene rings is 1. The van der Waals surface area contributed by atoms with Crippen molar-refractivity contribution in [2.24, 2.45) is 17.3 Å². The summed E-state index contributed by atoms with van der Waals surface area (Å²) in [4.78, 5) is 26.2. The van der Waals surface area contributed by atoms with E-state index in [9.17, 15) is 14.0 Å². The minimum Gasteiger partial charge on any atom is -0.468 e. The Labute approximate surface area is 158 Å². The van der Waals surface area contributed by atoms with Gasteiger partial charge in [-0.3, -0.25) is 9.59 Å². The van der Waals surface area contributed by atoms with Crippen LogP contribution in [0.5, 0.6) is 0 Å². The summed E-state index contributed by atoms with van der Waals surface area (Å²) in [6, 6.07) is 4.51. The molecule has 0 aromatic heterocycles. The molecule has 0 radical (unpaired) electrons. The number of fused-ring (bicyclic) bond motifs is 1. The van der Waals surface area contributed by atoms with E-state index in [2.05, 4.69) is 13.2 Å². The van der Waals surface area contributed by atoms with Gasteiger partial charge in [-0.15, -0.1) is 13.2 Å². The number of methoxy groups -OCH3 is 1. The Morgan fingerprint density at radius 2 is 1.96 bits per heavy atom. The molecule has 1 saturated carbocycles. The topological polar surface area (TPSA) is 52.6 Å². The predicted molar refractivity (Wildman–Crippen MR) is 97.3 cm³/mol. The summed E-state index contributed by atoms with van der Waals surface area (Å²) in [6.07, 6.45) is 5.98. The first-order chi connectivity index (χ1) is 12.9. The second-order valence-corrected chi connectivity index (χ2v) is 7.85. The van der Waals surface area contributed by atoms with E-state index in [0.717, 1.165) is 18.4 Å². The molecule has 2 aliphatic carbocycles. The van der Waals surface area contributed by atoms with Crippen LogP contribution in [0.1, 0.15) is 36.3 Å². The number of carbonyl (C=O) groups excluding carboxylic acids is 2. The Kier molecular flexibility index (Phi) is 4.02. The van der Waals surface area contributed by atoms with Gasteiger partial charge >= 0.3 is 11.9 Å². The van der Waals surface area contributed by atoms with Crippen molar-refractivity contribution in [1.82, 2.24) is 0 Å². The van der Waals surface area contributed by atoms with Crippen LogP contribution < -0.4 is 0 Å². The molecule has 4 nitrogen and oxygen atoms in total. The van der Waals surface area contributed by atoms with E-state index in [1.54, 1.807) is 18.2 Å². The summed E-state index contributed by atoms with van der Waals surface area (Å²) in [5.41, 5.74) is -0.650. The maximum atomic E-state index is 13.8. The average molecular weight is 370 g/mol. The monoisotopic (exact) mass is 370 g/mol. The molecule has 27 heavy (non-hydrogen) atoms. The molecule has 4 atom stereocenters. The zero-order chi connectivity index (χ0) is 19.4. The Bertz CT molecular complexity index is 829. The third kappa shape index (κ3) is 2.20. The molecule has 0 N–H and O–H groups in total. The summed E-state index contributed by atoms with van der Waals surface area (Å²) in [5, 5.41) is 0. The number of halogens is 1. The maximum Gasteiger partial charge on any atom is 0.324 e. The van der Waals surface area contributed by atoms with Crippen LogP contribution in [0.25, 0.3) is 0 Å². The van der Waals surface area contributed by atoms with Gasteiger partial charge in [-0.25, -0.2) is 4.39 Å². The number of hydrogen-bond acceptors (Lipinski definition) is 4. The van der Waals surface area contributed by atoms with Crippen LogP contribution in [-0.2, 0) is 25.5 Å². The first-order valence-electron chi connectivity index (χ1n) is 9.28. The minimum absolute atomic E-state index is 0.0527. The Morgan fingerprint density at radius 3 is 2.56 bits per heavy atom. The summed E-state index contributed by atoms with van der Waals surface area (Å²) in [6.45, 7) is 7.81. The van der Waals surface area contributed by atoms with Gasteiger partial charge < -0.3 is 9.47 Å². The number of esters is 2. The van der Waals surface area contributed by atoms with Crippen molar-refractivity contribution in [1.29, 1.82) is 0 Å². The highest BCUT2D eigenvalue weighted by Gasteiger charge is 2.70. The summed E-state index contributed by atoms with van der Waals surface area (Å²) < 4.78 is 24.9. The van der Waals surface area contributed by atoms with Crippen LogP contribution in [0.4, 0.5) is 4.39 Å². The largest absolute Gasteiger partial charge is 0.468 e. The first kappa shape index (κ1) is 18.0. The predicted octanol–water partition coefficient (Wildman–Crippen LogP) is 3.71. The van der Waals surface area contributed by atoms with Crippen LogP contribution in [-0.4, -0.2) is 24.6 Å². The Hall–Kier alpha value is -2.43. The lowest BCUT2D eigenvalue weighted by molar-refractivity contribution is -0.167. The lowest BCUT2D eigenvalue weighted by atomic mass is 9.58. The van der Waals surface area contributed by atoms with E-state index >= 15 is 0 Å². The fraction of sp³-hybridized carbons (Fsp3) is 0.455. The molecule has 142 valence electrons. The molecular formula is C22H23FO4. The van der Waals surface area contributed by atoms with Crippen LogP contribution in [0.15, 0.2) is 43.5 Å². The van der Waals surface area contributed by atoms with E-state index in [0.29, 0.717) is 12.0 Å². The van der Waals surface area contributed by atoms with E-state index in [1.807, 2.05) is 0 Å². The summed E-state index contributed by atoms with van der Waals surface area (Å²) >= 11 is 0. The van der Waals surface area contributed by atoms with Crippen molar-refractivity contribution >= 4 is 11.9 Å². The molecule has 1 heterocycles. The number of carbonyl (C=O) groups is 2. The molecule has 1 aliphatic heterocycles. The molecule has 3 aliphatic rings. The molecule has 2 fully saturated rings. The SMILES string of the molecule is C=C[C@@H]1CC[C@@H](C=C)C12CC(C(=O)OC)(C1Cc3ccc(F)cc31)C(=O)O2. The van der Waals surface area contributed by atoms with Crippen LogP contribution in [0.3, 0.4) is 0 Å². The van der Waals surface area contributed by atoms with Crippen LogP contribution >= 0.6 is 0 Å². The standard InChI is InChI=1S/C22H23FO4/c1-4-14-7-8-15(5-2)22(14)12-21(19(24)26-3,20(25)27-22)18-10-13-6-9-16(23)11-17(13)18/h4-6,9,11,14-15,18H,1-2,7-8,10,12H2,3H3/t14-,15-,18?,21?/m1/s1. The average Bonchev–Trinajstić information content (AvgIpc) is 3.14. The van der Waals surface area contributed by atoms with Gasteiger partial charge in [0.2, 0.25) is 0 Å². The Balaban J connectivity index is 1.82. The van der Waals surface area contributed by atoms with Crippen molar-refractivity contribution in [3.63, 3.8) is 0 Å². The summed E-state index contributed by atoms with van der Waals surface area (Å²) in [7, 11) is 1.28. The van der Waals surface area contributed by atoms with Gasteiger partial charge in [-0.05, 0) is 42.5 Å². The van der Waals surface area contributed by atoms with E-state index in [-0.39, 0.29) is 24.1 Å². The van der Waals surface area contributed by atoms with Gasteiger partial charge in [0.1, 0.15) is 11.4 Å². The second-order valence-electron chi connectivity index (χ2n) is 7.85. The number of hydrogen-bond donors (Lipinski definition) is 0. The number of ether oxygens (including phenoxy) is 2. The van der Waals surface area contributed by atoms with Crippen molar-refractivity contribution in [3.8, 4) is 0 Å². The minimum atomic E-state index is -1.46. The van der Waals surface area contributed by atoms with E-state index in [4.69, 9.17) is 9.47 Å². The molecule has 1 aromatic carbocycles. The molecule has 1 saturated heterocycles. The van der Waals surface area contributed by atoms with E-state index in [1.165, 1.54) is 19.2 Å². The zero-order valence-corrected chi connectivity index (χ0v) is 15.4. The van der Waals surface area contributed by atoms with Gasteiger partial charge in [0.15, 0.2) is 5.41 Å². The summed E-state index contributed by atoms with van der Waals surface area (Å²) in [5.74, 6) is -2.12. The molecule has 0 amide bonds. The second kappa shape index (κ2) is 6.04. The van der Waals surface area contributed by atoms with Gasteiger partial charge in [0.05, 0.1) is 7.11 Å². The molecular weight excluding hydrogens is 347 g/mol. The van der Waals surface area contributed by atoms with E-state index < -0.39 is 28.9 Å². The highest BCUT2D eigenvalue weighted by atomic mass is 19.1. The van der Waals surface area contributed by atoms with Gasteiger partial charge in [-0.1, -0.05) is 18.2 Å². The fourth-order valence-corrected chi connectivity index (χ4v) is 5.44. The molecule has 4 rings (SSSR count). The van der Waals surface area contributed by atoms with Gasteiger partial charge in [0, 0.05) is 24.2 Å². The van der Waals surface area contributed by atoms with Crippen LogP contribution in [0.2, 0.25) is 0 Å². The lowest BCUT2D eigenvalue weighted by Crippen LogP contribution is -2.47. The van der Waals surface area contributed by atoms with Gasteiger partial charge in [0.25, 0.3) is 0 Å². The molecule has 1 spiro atoms. The molecule has 2 unspecified atom stereocenters. The molecule has 0 bridgehead atoms. The number of rotatable bonds is 4. The van der Waals surface area contributed by atoms with Crippen molar-refractivity contribution in [2.45, 2.75) is 37.2 Å².